The molecule has 102 valence electrons. The molecule has 0 aliphatic rings. The summed E-state index contributed by atoms with van der Waals surface area (Å²) in [6, 6.07) is 21.2. The number of aromatic nitrogens is 2. The normalized spacial score (nSPS) is 10.1. The molecule has 0 unspecified atom stereocenters. The van der Waals surface area contributed by atoms with Crippen LogP contribution in [0.3, 0.4) is 0 Å². The maximum absolute atomic E-state index is 9.29. The van der Waals surface area contributed by atoms with Gasteiger partial charge in [-0.15, -0.1) is 0 Å². The highest BCUT2D eigenvalue weighted by Crippen LogP contribution is 2.23. The lowest BCUT2D eigenvalue weighted by atomic mass is 10.1. The van der Waals surface area contributed by atoms with E-state index in [1.165, 1.54) is 0 Å². The maximum Gasteiger partial charge on any atom is 0.144 e. The highest BCUT2D eigenvalue weighted by molar-refractivity contribution is 5.62. The number of hydrogen-bond acceptors (Lipinski definition) is 3. The second kappa shape index (κ2) is 5.51. The van der Waals surface area contributed by atoms with Crippen LogP contribution in [0.5, 0.6) is 5.75 Å². The molecule has 4 heteroatoms. The summed E-state index contributed by atoms with van der Waals surface area (Å²) in [7, 11) is 1.63. The highest BCUT2D eigenvalue weighted by atomic mass is 16.5. The third-order valence-electron chi connectivity index (χ3n) is 3.21. The molecule has 0 N–H and O–H groups in total. The Kier molecular flexibility index (Phi) is 3.40. The Morgan fingerprint density at radius 2 is 1.76 bits per heavy atom. The van der Waals surface area contributed by atoms with Gasteiger partial charge in [0.2, 0.25) is 0 Å². The van der Waals surface area contributed by atoms with E-state index < -0.39 is 0 Å². The minimum absolute atomic E-state index is 0.506. The lowest BCUT2D eigenvalue weighted by Gasteiger charge is -2.02. The van der Waals surface area contributed by atoms with Crippen molar-refractivity contribution in [2.75, 3.05) is 7.11 Å². The van der Waals surface area contributed by atoms with Crippen molar-refractivity contribution < 1.29 is 4.74 Å². The Balaban J connectivity index is 2.05. The number of para-hydroxylation sites is 1. The summed E-state index contributed by atoms with van der Waals surface area (Å²) in [6.07, 6.45) is 0. The fraction of sp³-hybridized carbons (Fsp3) is 0.0588. The first-order valence-corrected chi connectivity index (χ1v) is 6.52. The molecular weight excluding hydrogens is 262 g/mol. The van der Waals surface area contributed by atoms with Crippen LogP contribution in [-0.2, 0) is 0 Å². The van der Waals surface area contributed by atoms with Gasteiger partial charge in [0.05, 0.1) is 18.5 Å². The van der Waals surface area contributed by atoms with Gasteiger partial charge in [-0.2, -0.15) is 10.4 Å². The van der Waals surface area contributed by atoms with Crippen LogP contribution in [0, 0.1) is 11.3 Å². The van der Waals surface area contributed by atoms with Crippen molar-refractivity contribution in [3.05, 3.63) is 66.4 Å². The molecule has 0 aliphatic carbocycles. The molecular formula is C17H13N3O. The van der Waals surface area contributed by atoms with E-state index in [2.05, 4.69) is 11.2 Å². The van der Waals surface area contributed by atoms with Crippen molar-refractivity contribution in [1.82, 2.24) is 9.78 Å². The van der Waals surface area contributed by atoms with Gasteiger partial charge in [-0.1, -0.05) is 18.2 Å². The Hall–Kier alpha value is -3.06. The van der Waals surface area contributed by atoms with Gasteiger partial charge in [-0.3, -0.25) is 0 Å². The molecule has 0 bridgehead atoms. The second-order valence-corrected chi connectivity index (χ2v) is 4.50. The molecule has 1 heterocycles. The zero-order valence-electron chi connectivity index (χ0n) is 11.5. The van der Waals surface area contributed by atoms with E-state index in [1.54, 1.807) is 17.9 Å². The van der Waals surface area contributed by atoms with Crippen LogP contribution >= 0.6 is 0 Å². The van der Waals surface area contributed by atoms with Crippen LogP contribution < -0.4 is 4.74 Å². The van der Waals surface area contributed by atoms with E-state index in [0.717, 1.165) is 22.7 Å². The van der Waals surface area contributed by atoms with Gasteiger partial charge in [0.15, 0.2) is 0 Å². The second-order valence-electron chi connectivity index (χ2n) is 4.50. The summed E-state index contributed by atoms with van der Waals surface area (Å²) in [5.41, 5.74) is 3.08. The lowest BCUT2D eigenvalue weighted by Crippen LogP contribution is -1.98. The first-order valence-electron chi connectivity index (χ1n) is 6.52. The van der Waals surface area contributed by atoms with Crippen molar-refractivity contribution in [3.8, 4) is 28.8 Å². The molecule has 0 radical (unpaired) electrons. The molecule has 0 spiro atoms. The topological polar surface area (TPSA) is 50.8 Å². The molecule has 0 atom stereocenters. The van der Waals surface area contributed by atoms with Gasteiger partial charge in [0.1, 0.15) is 17.5 Å². The third kappa shape index (κ3) is 2.49. The average Bonchev–Trinajstić information content (AvgIpc) is 3.00. The molecule has 1 aromatic heterocycles. The van der Waals surface area contributed by atoms with E-state index in [1.807, 2.05) is 54.6 Å². The van der Waals surface area contributed by atoms with Gasteiger partial charge in [-0.05, 0) is 36.4 Å². The van der Waals surface area contributed by atoms with E-state index in [0.29, 0.717) is 5.69 Å². The number of nitriles is 1. The van der Waals surface area contributed by atoms with Gasteiger partial charge in [-0.25, -0.2) is 4.68 Å². The van der Waals surface area contributed by atoms with Crippen LogP contribution in [-0.4, -0.2) is 16.9 Å². The van der Waals surface area contributed by atoms with Gasteiger partial charge in [0.25, 0.3) is 0 Å². The Labute approximate surface area is 122 Å². The van der Waals surface area contributed by atoms with Crippen LogP contribution in [0.2, 0.25) is 0 Å². The SMILES string of the molecule is COc1ccc(-c2cc(C#N)n(-c3ccccc3)n2)cc1. The Bertz CT molecular complexity index is 783. The Morgan fingerprint density at radius 1 is 1.05 bits per heavy atom. The molecule has 0 saturated carbocycles. The Morgan fingerprint density at radius 3 is 2.38 bits per heavy atom. The van der Waals surface area contributed by atoms with Crippen molar-refractivity contribution >= 4 is 0 Å². The quantitative estimate of drug-likeness (QED) is 0.736. The van der Waals surface area contributed by atoms with Gasteiger partial charge >= 0.3 is 0 Å². The average molecular weight is 275 g/mol. The molecule has 0 amide bonds. The fourth-order valence-corrected chi connectivity index (χ4v) is 2.13. The van der Waals surface area contributed by atoms with Crippen LogP contribution in [0.1, 0.15) is 5.69 Å². The van der Waals surface area contributed by atoms with Crippen LogP contribution in [0.25, 0.3) is 16.9 Å². The van der Waals surface area contributed by atoms with Gasteiger partial charge in [0, 0.05) is 11.6 Å². The standard InChI is InChI=1S/C17H13N3O/c1-21-16-9-7-13(8-10-16)17-11-15(12-18)20(19-17)14-5-3-2-4-6-14/h2-11H,1H3. The summed E-state index contributed by atoms with van der Waals surface area (Å²) in [5, 5.41) is 13.8. The molecule has 21 heavy (non-hydrogen) atoms. The fourth-order valence-electron chi connectivity index (χ4n) is 2.13. The summed E-state index contributed by atoms with van der Waals surface area (Å²) in [4.78, 5) is 0. The lowest BCUT2D eigenvalue weighted by molar-refractivity contribution is 0.415. The molecule has 4 nitrogen and oxygen atoms in total. The molecule has 0 aliphatic heterocycles. The molecule has 0 saturated heterocycles. The number of benzene rings is 2. The van der Waals surface area contributed by atoms with Crippen molar-refractivity contribution in [2.45, 2.75) is 0 Å². The summed E-state index contributed by atoms with van der Waals surface area (Å²) in [5.74, 6) is 0.793. The number of methoxy groups -OCH3 is 1. The number of rotatable bonds is 3. The maximum atomic E-state index is 9.29. The summed E-state index contributed by atoms with van der Waals surface area (Å²) in [6.45, 7) is 0. The van der Waals surface area contributed by atoms with Crippen molar-refractivity contribution in [1.29, 1.82) is 5.26 Å². The zero-order chi connectivity index (χ0) is 14.7. The molecule has 3 aromatic rings. The smallest absolute Gasteiger partial charge is 0.144 e. The molecule has 0 fully saturated rings. The largest absolute Gasteiger partial charge is 0.497 e. The monoisotopic (exact) mass is 275 g/mol. The van der Waals surface area contributed by atoms with E-state index >= 15 is 0 Å². The van der Waals surface area contributed by atoms with Crippen LogP contribution in [0.15, 0.2) is 60.7 Å². The van der Waals surface area contributed by atoms with E-state index in [-0.39, 0.29) is 0 Å². The zero-order valence-corrected chi connectivity index (χ0v) is 11.5. The summed E-state index contributed by atoms with van der Waals surface area (Å²) >= 11 is 0. The minimum atomic E-state index is 0.506. The van der Waals surface area contributed by atoms with E-state index in [9.17, 15) is 5.26 Å². The predicted molar refractivity (Wildman–Crippen MR) is 80.3 cm³/mol. The van der Waals surface area contributed by atoms with Crippen LogP contribution in [0.4, 0.5) is 0 Å². The van der Waals surface area contributed by atoms with E-state index in [4.69, 9.17) is 4.74 Å². The number of ether oxygens (including phenoxy) is 1. The molecule has 3 rings (SSSR count). The van der Waals surface area contributed by atoms with Gasteiger partial charge < -0.3 is 4.74 Å². The number of nitrogens with zero attached hydrogens (tertiary/aromatic N) is 3. The first kappa shape index (κ1) is 12.9. The van der Waals surface area contributed by atoms with Crippen molar-refractivity contribution in [3.63, 3.8) is 0 Å². The summed E-state index contributed by atoms with van der Waals surface area (Å²) < 4.78 is 6.80. The molecule has 2 aromatic carbocycles. The third-order valence-corrected chi connectivity index (χ3v) is 3.21. The predicted octanol–water partition coefficient (Wildman–Crippen LogP) is 3.42. The highest BCUT2D eigenvalue weighted by Gasteiger charge is 2.10. The number of hydrogen-bond donors (Lipinski definition) is 0. The first-order chi connectivity index (χ1) is 10.3. The minimum Gasteiger partial charge on any atom is -0.497 e. The van der Waals surface area contributed by atoms with Crippen molar-refractivity contribution in [2.24, 2.45) is 0 Å².